The van der Waals surface area contributed by atoms with E-state index >= 15 is 0 Å². The predicted molar refractivity (Wildman–Crippen MR) is 67.3 cm³/mol. The first-order chi connectivity index (χ1) is 8.51. The van der Waals surface area contributed by atoms with Gasteiger partial charge >= 0.3 is 12.0 Å². The van der Waals surface area contributed by atoms with Crippen LogP contribution in [-0.2, 0) is 4.79 Å². The Morgan fingerprint density at radius 3 is 2.72 bits per heavy atom. The quantitative estimate of drug-likeness (QED) is 0.752. The molecule has 0 spiro atoms. The molecule has 0 aromatic rings. The molecule has 0 radical (unpaired) electrons. The van der Waals surface area contributed by atoms with E-state index in [1.807, 2.05) is 6.92 Å². The fourth-order valence-electron chi connectivity index (χ4n) is 2.63. The van der Waals surface area contributed by atoms with Crippen LogP contribution in [-0.4, -0.2) is 40.6 Å². The van der Waals surface area contributed by atoms with E-state index in [-0.39, 0.29) is 12.5 Å². The molecular formula is C13H20N2O3. The molecule has 1 aliphatic carbocycles. The van der Waals surface area contributed by atoms with Crippen molar-refractivity contribution in [3.63, 3.8) is 0 Å². The molecule has 0 aromatic carbocycles. The van der Waals surface area contributed by atoms with E-state index < -0.39 is 11.5 Å². The molecule has 2 N–H and O–H groups in total. The van der Waals surface area contributed by atoms with E-state index in [1.54, 1.807) is 4.90 Å². The molecule has 100 valence electrons. The smallest absolute Gasteiger partial charge is 0.318 e. The fraction of sp³-hybridized carbons (Fsp3) is 0.692. The lowest BCUT2D eigenvalue weighted by Crippen LogP contribution is -2.58. The summed E-state index contributed by atoms with van der Waals surface area (Å²) >= 11 is 0. The summed E-state index contributed by atoms with van der Waals surface area (Å²) in [6, 6.07) is -0.122. The molecule has 5 nitrogen and oxygen atoms in total. The Kier molecular flexibility index (Phi) is 3.59. The van der Waals surface area contributed by atoms with Gasteiger partial charge in [-0.3, -0.25) is 4.79 Å². The molecule has 0 saturated heterocycles. The zero-order valence-corrected chi connectivity index (χ0v) is 10.7. The lowest BCUT2D eigenvalue weighted by atomic mass is 9.74. The molecule has 0 bridgehead atoms. The summed E-state index contributed by atoms with van der Waals surface area (Å²) in [6.07, 6.45) is 5.58. The molecule has 0 atom stereocenters. The van der Waals surface area contributed by atoms with Gasteiger partial charge in [-0.15, -0.1) is 0 Å². The van der Waals surface area contributed by atoms with Gasteiger partial charge in [-0.25, -0.2) is 4.79 Å². The van der Waals surface area contributed by atoms with Gasteiger partial charge in [0.15, 0.2) is 0 Å². The largest absolute Gasteiger partial charge is 0.481 e. The molecule has 1 aliphatic heterocycles. The molecule has 0 aromatic heterocycles. The summed E-state index contributed by atoms with van der Waals surface area (Å²) in [4.78, 5) is 24.7. The average Bonchev–Trinajstić information content (AvgIpc) is 2.25. The van der Waals surface area contributed by atoms with Crippen molar-refractivity contribution < 1.29 is 14.7 Å². The Hall–Kier alpha value is -1.52. The fourth-order valence-corrected chi connectivity index (χ4v) is 2.63. The standard InChI is InChI=1S/C13H20N2O3/c1-10-4-2-7-15(9-10)12(18)14-13(5-3-6-13)8-11(16)17/h4H,2-3,5-9H2,1H3,(H,14,18)(H,16,17). The van der Waals surface area contributed by atoms with Crippen molar-refractivity contribution in [3.05, 3.63) is 11.6 Å². The number of carboxylic acids is 1. The highest BCUT2D eigenvalue weighted by Crippen LogP contribution is 2.35. The van der Waals surface area contributed by atoms with Crippen LogP contribution in [0.1, 0.15) is 39.0 Å². The third-order valence-electron chi connectivity index (χ3n) is 3.79. The topological polar surface area (TPSA) is 69.6 Å². The van der Waals surface area contributed by atoms with E-state index in [9.17, 15) is 9.59 Å². The van der Waals surface area contributed by atoms with Crippen LogP contribution in [0.5, 0.6) is 0 Å². The number of amides is 2. The maximum absolute atomic E-state index is 12.1. The Labute approximate surface area is 107 Å². The van der Waals surface area contributed by atoms with Gasteiger partial charge in [-0.1, -0.05) is 11.6 Å². The SMILES string of the molecule is CC1=CCCN(C(=O)NC2(CC(=O)O)CCC2)C1. The van der Waals surface area contributed by atoms with Crippen molar-refractivity contribution in [1.82, 2.24) is 10.2 Å². The lowest BCUT2D eigenvalue weighted by Gasteiger charge is -2.43. The highest BCUT2D eigenvalue weighted by molar-refractivity contribution is 5.77. The van der Waals surface area contributed by atoms with Crippen molar-refractivity contribution in [2.75, 3.05) is 13.1 Å². The molecule has 1 heterocycles. The van der Waals surface area contributed by atoms with Crippen molar-refractivity contribution in [3.8, 4) is 0 Å². The van der Waals surface area contributed by atoms with Gasteiger partial charge in [-0.2, -0.15) is 0 Å². The van der Waals surface area contributed by atoms with Crippen LogP contribution in [0, 0.1) is 0 Å². The molecule has 1 fully saturated rings. The van der Waals surface area contributed by atoms with E-state index in [1.165, 1.54) is 5.57 Å². The molecule has 18 heavy (non-hydrogen) atoms. The average molecular weight is 252 g/mol. The summed E-state index contributed by atoms with van der Waals surface area (Å²) in [6.45, 7) is 3.37. The van der Waals surface area contributed by atoms with Crippen LogP contribution in [0.3, 0.4) is 0 Å². The number of carbonyl (C=O) groups is 2. The Balaban J connectivity index is 1.93. The number of rotatable bonds is 3. The minimum atomic E-state index is -0.843. The Bertz CT molecular complexity index is 386. The maximum atomic E-state index is 12.1. The molecule has 2 aliphatic rings. The van der Waals surface area contributed by atoms with Gasteiger partial charge in [0.1, 0.15) is 0 Å². The van der Waals surface area contributed by atoms with Crippen LogP contribution < -0.4 is 5.32 Å². The van der Waals surface area contributed by atoms with E-state index in [0.29, 0.717) is 13.1 Å². The molecule has 2 rings (SSSR count). The van der Waals surface area contributed by atoms with Crippen LogP contribution in [0.2, 0.25) is 0 Å². The minimum absolute atomic E-state index is 0.0292. The van der Waals surface area contributed by atoms with E-state index in [4.69, 9.17) is 5.11 Å². The highest BCUT2D eigenvalue weighted by atomic mass is 16.4. The summed E-state index contributed by atoms with van der Waals surface area (Å²) in [7, 11) is 0. The van der Waals surface area contributed by atoms with Crippen LogP contribution in [0.25, 0.3) is 0 Å². The lowest BCUT2D eigenvalue weighted by molar-refractivity contribution is -0.139. The zero-order chi connectivity index (χ0) is 13.2. The second kappa shape index (κ2) is 5.00. The summed E-state index contributed by atoms with van der Waals surface area (Å²) in [5, 5.41) is 11.8. The number of nitrogens with zero attached hydrogens (tertiary/aromatic N) is 1. The second-order valence-corrected chi connectivity index (χ2v) is 5.40. The van der Waals surface area contributed by atoms with Crippen molar-refractivity contribution in [1.29, 1.82) is 0 Å². The van der Waals surface area contributed by atoms with Gasteiger partial charge in [0, 0.05) is 13.1 Å². The monoisotopic (exact) mass is 252 g/mol. The number of hydrogen-bond acceptors (Lipinski definition) is 2. The third-order valence-corrected chi connectivity index (χ3v) is 3.79. The number of nitrogens with one attached hydrogen (secondary N) is 1. The van der Waals surface area contributed by atoms with Crippen molar-refractivity contribution >= 4 is 12.0 Å². The first-order valence-electron chi connectivity index (χ1n) is 6.45. The number of urea groups is 1. The predicted octanol–water partition coefficient (Wildman–Crippen LogP) is 1.75. The van der Waals surface area contributed by atoms with Crippen molar-refractivity contribution in [2.24, 2.45) is 0 Å². The summed E-state index contributed by atoms with van der Waals surface area (Å²) < 4.78 is 0. The number of carbonyl (C=O) groups excluding carboxylic acids is 1. The first kappa shape index (κ1) is 12.9. The zero-order valence-electron chi connectivity index (χ0n) is 10.7. The van der Waals surface area contributed by atoms with Gasteiger partial charge in [0.25, 0.3) is 0 Å². The Morgan fingerprint density at radius 2 is 2.22 bits per heavy atom. The van der Waals surface area contributed by atoms with Crippen LogP contribution >= 0.6 is 0 Å². The van der Waals surface area contributed by atoms with Crippen molar-refractivity contribution in [2.45, 2.75) is 44.6 Å². The normalized spacial score (nSPS) is 21.8. The molecule has 5 heteroatoms. The Morgan fingerprint density at radius 1 is 1.50 bits per heavy atom. The number of carboxylic acid groups (broad SMARTS) is 1. The van der Waals surface area contributed by atoms with Gasteiger partial charge < -0.3 is 15.3 Å². The summed E-state index contributed by atoms with van der Waals surface area (Å²) in [5.74, 6) is -0.843. The van der Waals surface area contributed by atoms with Crippen LogP contribution in [0.4, 0.5) is 4.79 Å². The summed E-state index contributed by atoms with van der Waals surface area (Å²) in [5.41, 5.74) is 0.690. The number of aliphatic carboxylic acids is 1. The van der Waals surface area contributed by atoms with E-state index in [0.717, 1.165) is 25.7 Å². The van der Waals surface area contributed by atoms with Gasteiger partial charge in [-0.05, 0) is 32.6 Å². The number of hydrogen-bond donors (Lipinski definition) is 2. The maximum Gasteiger partial charge on any atom is 0.318 e. The molecule has 0 unspecified atom stereocenters. The van der Waals surface area contributed by atoms with Gasteiger partial charge in [0.05, 0.1) is 12.0 Å². The molecular weight excluding hydrogens is 232 g/mol. The third kappa shape index (κ3) is 2.83. The molecule has 2 amide bonds. The van der Waals surface area contributed by atoms with Gasteiger partial charge in [0.2, 0.25) is 0 Å². The van der Waals surface area contributed by atoms with Crippen LogP contribution in [0.15, 0.2) is 11.6 Å². The first-order valence-corrected chi connectivity index (χ1v) is 6.45. The van der Waals surface area contributed by atoms with E-state index in [2.05, 4.69) is 11.4 Å². The highest BCUT2D eigenvalue weighted by Gasteiger charge is 2.41. The molecule has 1 saturated carbocycles. The second-order valence-electron chi connectivity index (χ2n) is 5.40. The minimum Gasteiger partial charge on any atom is -0.481 e.